The van der Waals surface area contributed by atoms with Gasteiger partial charge in [0.25, 0.3) is 6.71 Å². The molecule has 0 spiro atoms. The zero-order valence-corrected chi connectivity index (χ0v) is 56.2. The first kappa shape index (κ1) is 61.6. The van der Waals surface area contributed by atoms with Crippen LogP contribution in [-0.4, -0.2) is 13.4 Å². The summed E-state index contributed by atoms with van der Waals surface area (Å²) in [7, 11) is 0. The molecule has 4 aliphatic rings. The van der Waals surface area contributed by atoms with E-state index in [4.69, 9.17) is 0 Å². The van der Waals surface area contributed by atoms with Gasteiger partial charge in [-0.25, -0.2) is 4.39 Å². The van der Waals surface area contributed by atoms with Crippen molar-refractivity contribution in [2.75, 3.05) is 24.5 Å². The molecule has 12 heteroatoms. The molecule has 488 valence electrons. The van der Waals surface area contributed by atoms with Crippen molar-refractivity contribution in [2.45, 2.75) is 16.0 Å². The Hall–Kier alpha value is -12.5. The lowest BCUT2D eigenvalue weighted by atomic mass is 9.31. The first-order valence-electron chi connectivity index (χ1n) is 34.6. The number of fused-ring (bicyclic) bond motifs is 8. The van der Waals surface area contributed by atoms with Crippen LogP contribution in [0.5, 0.6) is 0 Å². The number of para-hydroxylation sites is 8. The van der Waals surface area contributed by atoms with Crippen LogP contribution in [-0.2, 0) is 6.18 Å². The normalized spacial score (nSPS) is 12.9. The lowest BCUT2D eigenvalue weighted by Crippen LogP contribution is -2.65. The van der Waals surface area contributed by atoms with Crippen LogP contribution in [0.4, 0.5) is 103 Å². The average Bonchev–Trinajstić information content (AvgIpc) is 0.684. The standard InChI is InChI=1S/C91H59B2F4N5S/c94-87-89-76(59-77-90(87)103-84-58-70(57-83-86(84)93(77)75-47-24-27-50-80(75)101(83)67-41-20-7-21-42-67)99(68-53-51-61(52-54-68)60-29-8-1-9-30-60)78-48-25-22-43-71(78)62-31-10-2-11-32-62)92-74-46-23-26-49-79(74)100(66-39-18-6-19-40-66)81-55-69(98(64-35-14-4-15-36-64)65-37-16-5-17-38-65)56-82(85(81)92)102(89)88-72(63-33-12-3-13-34-63)44-28-45-73(88)91(95,96)97/h1-59H. The highest BCUT2D eigenvalue weighted by atomic mass is 32.2. The van der Waals surface area contributed by atoms with Gasteiger partial charge in [0.15, 0.2) is 5.82 Å². The van der Waals surface area contributed by atoms with Crippen LogP contribution in [0.3, 0.4) is 0 Å². The Kier molecular flexibility index (Phi) is 14.9. The molecular formula is C91H59B2F4N5S. The van der Waals surface area contributed by atoms with Crippen LogP contribution >= 0.6 is 11.8 Å². The molecule has 0 fully saturated rings. The maximum absolute atomic E-state index is 21.0. The Balaban J connectivity index is 0.927. The minimum absolute atomic E-state index is 0.0430. The van der Waals surface area contributed by atoms with Crippen molar-refractivity contribution in [1.82, 2.24) is 0 Å². The minimum Gasteiger partial charge on any atom is -0.311 e. The van der Waals surface area contributed by atoms with Gasteiger partial charge in [-0.05, 0) is 159 Å². The molecular weight excluding hydrogens is 1290 g/mol. The van der Waals surface area contributed by atoms with Crippen molar-refractivity contribution >= 4 is 143 Å². The number of rotatable bonds is 12. The lowest BCUT2D eigenvalue weighted by Gasteiger charge is -2.47. The fourth-order valence-corrected chi connectivity index (χ4v) is 17.4. The van der Waals surface area contributed by atoms with Gasteiger partial charge in [0.1, 0.15) is 0 Å². The van der Waals surface area contributed by atoms with Gasteiger partial charge in [-0.3, -0.25) is 0 Å². The molecule has 0 bridgehead atoms. The predicted octanol–water partition coefficient (Wildman–Crippen LogP) is 21.6. The highest BCUT2D eigenvalue weighted by Crippen LogP contribution is 2.56. The highest BCUT2D eigenvalue weighted by Gasteiger charge is 2.51. The van der Waals surface area contributed by atoms with Gasteiger partial charge in [-0.15, -0.1) is 0 Å². The van der Waals surface area contributed by atoms with Crippen LogP contribution in [0, 0.1) is 5.82 Å². The molecule has 0 saturated carbocycles. The maximum Gasteiger partial charge on any atom is 0.418 e. The fourth-order valence-electron chi connectivity index (χ4n) is 16.2. The van der Waals surface area contributed by atoms with Gasteiger partial charge < -0.3 is 24.5 Å². The first-order chi connectivity index (χ1) is 50.7. The van der Waals surface area contributed by atoms with E-state index >= 15 is 17.6 Å². The Bertz CT molecular complexity index is 5720. The second kappa shape index (κ2) is 25.0. The van der Waals surface area contributed by atoms with Crippen molar-refractivity contribution in [3.63, 3.8) is 0 Å². The summed E-state index contributed by atoms with van der Waals surface area (Å²) in [6.07, 6.45) is -4.92. The van der Waals surface area contributed by atoms with Crippen molar-refractivity contribution < 1.29 is 17.6 Å². The smallest absolute Gasteiger partial charge is 0.311 e. The summed E-state index contributed by atoms with van der Waals surface area (Å²) in [5.74, 6) is -0.625. The van der Waals surface area contributed by atoms with Gasteiger partial charge in [0, 0.05) is 83.5 Å². The van der Waals surface area contributed by atoms with E-state index < -0.39 is 31.0 Å². The Morgan fingerprint density at radius 1 is 0.301 bits per heavy atom. The molecule has 0 saturated heterocycles. The van der Waals surface area contributed by atoms with Gasteiger partial charge in [-0.1, -0.05) is 266 Å². The van der Waals surface area contributed by atoms with Crippen molar-refractivity contribution in [1.29, 1.82) is 0 Å². The third-order valence-corrected chi connectivity index (χ3v) is 21.7. The van der Waals surface area contributed by atoms with Crippen molar-refractivity contribution in [3.05, 3.63) is 369 Å². The third-order valence-electron chi connectivity index (χ3n) is 20.5. The SMILES string of the molecule is Fc1c2c(cc3c1N(c1c(-c4ccccc4)cccc1C(F)(F)F)c1cc(N(c4ccccc4)c4ccccc4)cc4c1B3c1ccccc1N4c1ccccc1)B1c3ccccc3N(c3ccccc3)c3cc(N(c4ccc(-c5ccccc5)cc4)c4ccccc4-c4ccccc4)cc(c31)S2. The van der Waals surface area contributed by atoms with E-state index in [9.17, 15) is 0 Å². The number of halogens is 4. The van der Waals surface area contributed by atoms with Gasteiger partial charge in [0.2, 0.25) is 6.71 Å². The van der Waals surface area contributed by atoms with Crippen LogP contribution < -0.4 is 57.3 Å². The number of benzene rings is 15. The van der Waals surface area contributed by atoms with E-state index in [0.29, 0.717) is 27.3 Å². The molecule has 15 aromatic carbocycles. The Labute approximate surface area is 600 Å². The van der Waals surface area contributed by atoms with E-state index in [2.05, 4.69) is 214 Å². The Morgan fingerprint density at radius 2 is 0.728 bits per heavy atom. The van der Waals surface area contributed by atoms with Crippen LogP contribution in [0.25, 0.3) is 33.4 Å². The Morgan fingerprint density at radius 3 is 1.29 bits per heavy atom. The minimum atomic E-state index is -4.92. The maximum atomic E-state index is 21.0. The summed E-state index contributed by atoms with van der Waals surface area (Å²) >= 11 is 1.35. The summed E-state index contributed by atoms with van der Waals surface area (Å²) in [5.41, 5.74) is 19.4. The van der Waals surface area contributed by atoms with Gasteiger partial charge in [0.05, 0.1) is 28.3 Å². The highest BCUT2D eigenvalue weighted by molar-refractivity contribution is 8.00. The van der Waals surface area contributed by atoms with Crippen molar-refractivity contribution in [2.24, 2.45) is 0 Å². The summed E-state index contributed by atoms with van der Waals surface area (Å²) in [5, 5.41) is 0. The van der Waals surface area contributed by atoms with Gasteiger partial charge in [-0.2, -0.15) is 13.2 Å². The molecule has 0 amide bonds. The van der Waals surface area contributed by atoms with Crippen LogP contribution in [0.1, 0.15) is 5.56 Å². The molecule has 0 aromatic heterocycles. The lowest BCUT2D eigenvalue weighted by molar-refractivity contribution is -0.137. The number of hydrogen-bond donors (Lipinski definition) is 0. The predicted molar refractivity (Wildman–Crippen MR) is 421 cm³/mol. The van der Waals surface area contributed by atoms with Crippen molar-refractivity contribution in [3.8, 4) is 33.4 Å². The summed E-state index contributed by atoms with van der Waals surface area (Å²) in [6.45, 7) is -1.27. The molecule has 0 N–H and O–H groups in total. The summed E-state index contributed by atoms with van der Waals surface area (Å²) in [4.78, 5) is 11.8. The zero-order chi connectivity index (χ0) is 68.9. The van der Waals surface area contributed by atoms with E-state index in [-0.39, 0.29) is 16.9 Å². The van der Waals surface area contributed by atoms with E-state index in [1.54, 1.807) is 11.0 Å². The van der Waals surface area contributed by atoms with E-state index in [1.807, 2.05) is 146 Å². The van der Waals surface area contributed by atoms with E-state index in [1.165, 1.54) is 17.8 Å². The first-order valence-corrected chi connectivity index (χ1v) is 35.4. The molecule has 0 atom stereocenters. The largest absolute Gasteiger partial charge is 0.418 e. The molecule has 5 nitrogen and oxygen atoms in total. The molecule has 0 radical (unpaired) electrons. The number of hydrogen-bond acceptors (Lipinski definition) is 6. The zero-order valence-electron chi connectivity index (χ0n) is 55.4. The average molecular weight is 1350 g/mol. The molecule has 4 aliphatic heterocycles. The molecule has 4 heterocycles. The second-order valence-electron chi connectivity index (χ2n) is 26.3. The third kappa shape index (κ3) is 10.3. The monoisotopic (exact) mass is 1350 g/mol. The number of anilines is 15. The van der Waals surface area contributed by atoms with Crippen LogP contribution in [0.2, 0.25) is 0 Å². The molecule has 15 aromatic rings. The molecule has 0 unspecified atom stereocenters. The summed E-state index contributed by atoms with van der Waals surface area (Å²) < 4.78 is 72.1. The number of nitrogens with zero attached hydrogens (tertiary/aromatic N) is 5. The molecule has 103 heavy (non-hydrogen) atoms. The quantitative estimate of drug-likeness (QED) is 0.0889. The fraction of sp³-hybridized carbons (Fsp3) is 0.0110. The van der Waals surface area contributed by atoms with Crippen LogP contribution in [0.15, 0.2) is 368 Å². The molecule has 0 aliphatic carbocycles. The second-order valence-corrected chi connectivity index (χ2v) is 27.3. The summed E-state index contributed by atoms with van der Waals surface area (Å²) in [6, 6.07) is 120. The molecule has 19 rings (SSSR count). The topological polar surface area (TPSA) is 16.2 Å². The van der Waals surface area contributed by atoms with Gasteiger partial charge >= 0.3 is 6.18 Å². The van der Waals surface area contributed by atoms with E-state index in [0.717, 1.165) is 123 Å². The number of alkyl halides is 3.